The number of carbonyl (C=O) groups excluding carboxylic acids is 1. The average Bonchev–Trinajstić information content (AvgIpc) is 2.52. The molecule has 5 heteroatoms. The monoisotopic (exact) mass is 199 g/mol. The third kappa shape index (κ3) is 2.50. The molecule has 0 aliphatic heterocycles. The molecule has 1 rings (SSSR count). The molecule has 0 bridgehead atoms. The normalized spacial score (nSPS) is 12.5. The minimum absolute atomic E-state index is 0.104. The van der Waals surface area contributed by atoms with Crippen LogP contribution < -0.4 is 11.1 Å². The maximum atomic E-state index is 11.3. The second kappa shape index (κ2) is 4.34. The Kier molecular flexibility index (Phi) is 3.39. The fourth-order valence-corrected chi connectivity index (χ4v) is 1.61. The van der Waals surface area contributed by atoms with Gasteiger partial charge in [-0.25, -0.2) is 4.98 Å². The lowest BCUT2D eigenvalue weighted by atomic mass is 10.4. The minimum Gasteiger partial charge on any atom is -0.351 e. The predicted molar refractivity (Wildman–Crippen MR) is 52.7 cm³/mol. The van der Waals surface area contributed by atoms with Crippen LogP contribution in [0.5, 0.6) is 0 Å². The maximum Gasteiger partial charge on any atom is 0.270 e. The van der Waals surface area contributed by atoms with E-state index in [-0.39, 0.29) is 11.9 Å². The number of amides is 1. The van der Waals surface area contributed by atoms with Crippen LogP contribution in [-0.2, 0) is 0 Å². The molecular weight excluding hydrogens is 186 g/mol. The highest BCUT2D eigenvalue weighted by Gasteiger charge is 2.11. The Morgan fingerprint density at radius 3 is 3.00 bits per heavy atom. The smallest absolute Gasteiger partial charge is 0.270 e. The highest BCUT2D eigenvalue weighted by Crippen LogP contribution is 2.15. The van der Waals surface area contributed by atoms with Crippen molar-refractivity contribution in [1.82, 2.24) is 10.3 Å². The van der Waals surface area contributed by atoms with Crippen LogP contribution in [0.15, 0.2) is 5.38 Å². The van der Waals surface area contributed by atoms with E-state index in [2.05, 4.69) is 10.3 Å². The zero-order valence-corrected chi connectivity index (χ0v) is 8.52. The third-order valence-electron chi connectivity index (χ3n) is 1.48. The zero-order valence-electron chi connectivity index (χ0n) is 7.70. The van der Waals surface area contributed by atoms with Crippen LogP contribution in [-0.4, -0.2) is 17.4 Å². The number of hydrogen-bond acceptors (Lipinski definition) is 4. The number of nitrogens with two attached hydrogens (primary N) is 1. The molecule has 0 aliphatic rings. The van der Waals surface area contributed by atoms with Gasteiger partial charge in [-0.1, -0.05) is 0 Å². The van der Waals surface area contributed by atoms with Gasteiger partial charge in [-0.2, -0.15) is 0 Å². The van der Waals surface area contributed by atoms with Crippen molar-refractivity contribution < 1.29 is 4.79 Å². The van der Waals surface area contributed by atoms with Crippen molar-refractivity contribution >= 4 is 17.2 Å². The molecule has 0 saturated heterocycles. The molecule has 4 nitrogen and oxygen atoms in total. The van der Waals surface area contributed by atoms with E-state index in [1.807, 2.05) is 13.8 Å². The first-order valence-electron chi connectivity index (χ1n) is 4.14. The van der Waals surface area contributed by atoms with Crippen molar-refractivity contribution in [2.45, 2.75) is 19.9 Å². The van der Waals surface area contributed by atoms with Gasteiger partial charge >= 0.3 is 0 Å². The summed E-state index contributed by atoms with van der Waals surface area (Å²) >= 11 is 1.41. The molecule has 3 N–H and O–H groups in total. The molecule has 0 saturated carbocycles. The Hall–Kier alpha value is -0.940. The molecule has 0 aromatic carbocycles. The van der Waals surface area contributed by atoms with Crippen molar-refractivity contribution in [1.29, 1.82) is 0 Å². The molecule has 0 spiro atoms. The molecule has 1 unspecified atom stereocenters. The van der Waals surface area contributed by atoms with E-state index in [0.29, 0.717) is 12.2 Å². The van der Waals surface area contributed by atoms with Gasteiger partial charge < -0.3 is 11.1 Å². The summed E-state index contributed by atoms with van der Waals surface area (Å²) in [6, 6.07) is -0.104. The molecule has 1 amide bonds. The second-order valence-electron chi connectivity index (χ2n) is 2.72. The van der Waals surface area contributed by atoms with E-state index in [9.17, 15) is 4.79 Å². The van der Waals surface area contributed by atoms with Gasteiger partial charge in [-0.3, -0.25) is 4.79 Å². The number of thiazole rings is 1. The van der Waals surface area contributed by atoms with Crippen LogP contribution in [0, 0.1) is 0 Å². The van der Waals surface area contributed by atoms with E-state index in [1.54, 1.807) is 5.38 Å². The van der Waals surface area contributed by atoms with Crippen molar-refractivity contribution in [3.63, 3.8) is 0 Å². The Bertz CT molecular complexity index is 295. The summed E-state index contributed by atoms with van der Waals surface area (Å²) in [5.74, 6) is -0.134. The Morgan fingerprint density at radius 2 is 2.54 bits per heavy atom. The van der Waals surface area contributed by atoms with E-state index in [1.165, 1.54) is 11.3 Å². The zero-order chi connectivity index (χ0) is 9.84. The van der Waals surface area contributed by atoms with E-state index in [0.717, 1.165) is 5.01 Å². The largest absolute Gasteiger partial charge is 0.351 e. The highest BCUT2D eigenvalue weighted by molar-refractivity contribution is 7.09. The number of aromatic nitrogens is 1. The van der Waals surface area contributed by atoms with E-state index >= 15 is 0 Å². The first-order valence-corrected chi connectivity index (χ1v) is 5.02. The van der Waals surface area contributed by atoms with Crippen molar-refractivity contribution in [3.8, 4) is 0 Å². The molecular formula is C8H13N3OS. The lowest BCUT2D eigenvalue weighted by molar-refractivity contribution is 0.0951. The van der Waals surface area contributed by atoms with Gasteiger partial charge in [0, 0.05) is 11.9 Å². The Labute approximate surface area is 81.2 Å². The van der Waals surface area contributed by atoms with Gasteiger partial charge in [0.1, 0.15) is 10.7 Å². The van der Waals surface area contributed by atoms with Crippen molar-refractivity contribution in [3.05, 3.63) is 16.1 Å². The number of nitrogens with one attached hydrogen (secondary N) is 1. The lowest BCUT2D eigenvalue weighted by Crippen LogP contribution is -2.23. The summed E-state index contributed by atoms with van der Waals surface area (Å²) in [4.78, 5) is 15.4. The van der Waals surface area contributed by atoms with Crippen LogP contribution in [0.3, 0.4) is 0 Å². The average molecular weight is 199 g/mol. The predicted octanol–water partition coefficient (Wildman–Crippen LogP) is 0.913. The molecule has 1 aromatic rings. The number of nitrogens with zero attached hydrogens (tertiary/aromatic N) is 1. The highest BCUT2D eigenvalue weighted by atomic mass is 32.1. The lowest BCUT2D eigenvalue weighted by Gasteiger charge is -1.98. The summed E-state index contributed by atoms with van der Waals surface area (Å²) in [7, 11) is 0. The van der Waals surface area contributed by atoms with Crippen molar-refractivity contribution in [2.24, 2.45) is 5.73 Å². The number of hydrogen-bond donors (Lipinski definition) is 2. The van der Waals surface area contributed by atoms with Crippen LogP contribution in [0.25, 0.3) is 0 Å². The van der Waals surface area contributed by atoms with Crippen LogP contribution >= 0.6 is 11.3 Å². The number of rotatable bonds is 3. The maximum absolute atomic E-state index is 11.3. The third-order valence-corrected chi connectivity index (χ3v) is 2.53. The van der Waals surface area contributed by atoms with Crippen LogP contribution in [0.2, 0.25) is 0 Å². The van der Waals surface area contributed by atoms with Crippen LogP contribution in [0.1, 0.15) is 35.4 Å². The molecule has 13 heavy (non-hydrogen) atoms. The van der Waals surface area contributed by atoms with E-state index < -0.39 is 0 Å². The molecule has 0 fully saturated rings. The SMILES string of the molecule is CCNC(=O)c1csc(C(C)N)n1. The molecule has 1 atom stereocenters. The Balaban J connectivity index is 2.73. The molecule has 1 aromatic heterocycles. The van der Waals surface area contributed by atoms with Gasteiger partial charge in [-0.05, 0) is 13.8 Å². The topological polar surface area (TPSA) is 68.0 Å². The van der Waals surface area contributed by atoms with Crippen molar-refractivity contribution in [2.75, 3.05) is 6.54 Å². The molecule has 72 valence electrons. The summed E-state index contributed by atoms with van der Waals surface area (Å²) in [5, 5.41) is 5.20. The van der Waals surface area contributed by atoms with E-state index in [4.69, 9.17) is 5.73 Å². The molecule has 0 aliphatic carbocycles. The Morgan fingerprint density at radius 1 is 1.85 bits per heavy atom. The van der Waals surface area contributed by atoms with Gasteiger partial charge in [0.25, 0.3) is 5.91 Å². The second-order valence-corrected chi connectivity index (χ2v) is 3.61. The molecule has 1 heterocycles. The fraction of sp³-hybridized carbons (Fsp3) is 0.500. The van der Waals surface area contributed by atoms with Gasteiger partial charge in [-0.15, -0.1) is 11.3 Å². The van der Waals surface area contributed by atoms with Gasteiger partial charge in [0.05, 0.1) is 6.04 Å². The van der Waals surface area contributed by atoms with Gasteiger partial charge in [0.2, 0.25) is 0 Å². The summed E-state index contributed by atoms with van der Waals surface area (Å²) in [6.45, 7) is 4.33. The quantitative estimate of drug-likeness (QED) is 0.760. The summed E-state index contributed by atoms with van der Waals surface area (Å²) < 4.78 is 0. The number of carbonyl (C=O) groups is 1. The first-order chi connectivity index (χ1) is 6.15. The van der Waals surface area contributed by atoms with Gasteiger partial charge in [0.15, 0.2) is 0 Å². The minimum atomic E-state index is -0.134. The van der Waals surface area contributed by atoms with Crippen LogP contribution in [0.4, 0.5) is 0 Å². The fourth-order valence-electron chi connectivity index (χ4n) is 0.852. The standard InChI is InChI=1S/C8H13N3OS/c1-3-10-7(12)6-4-13-8(11-6)5(2)9/h4-5H,3,9H2,1-2H3,(H,10,12). The first kappa shape index (κ1) is 10.1. The summed E-state index contributed by atoms with van der Waals surface area (Å²) in [5.41, 5.74) is 6.07. The molecule has 0 radical (unpaired) electrons. The summed E-state index contributed by atoms with van der Waals surface area (Å²) in [6.07, 6.45) is 0.